The van der Waals surface area contributed by atoms with Crippen molar-refractivity contribution in [2.24, 2.45) is 0 Å². The van der Waals surface area contributed by atoms with Crippen LogP contribution in [0.1, 0.15) is 13.3 Å². The molecule has 0 bridgehead atoms. The number of hydrogen-bond donors (Lipinski definition) is 2. The summed E-state index contributed by atoms with van der Waals surface area (Å²) in [6.07, 6.45) is 0.263. The molecule has 1 heterocycles. The van der Waals surface area contributed by atoms with Gasteiger partial charge in [-0.1, -0.05) is 0 Å². The summed E-state index contributed by atoms with van der Waals surface area (Å²) in [6, 6.07) is 4.32. The van der Waals surface area contributed by atoms with Crippen molar-refractivity contribution in [1.82, 2.24) is 9.97 Å². The highest BCUT2D eigenvalue weighted by atomic mass is 19.1. The highest BCUT2D eigenvalue weighted by Gasteiger charge is 2.05. The van der Waals surface area contributed by atoms with Gasteiger partial charge in [0, 0.05) is 6.54 Å². The average molecular weight is 251 g/mol. The fourth-order valence-corrected chi connectivity index (χ4v) is 1.58. The molecule has 0 fully saturated rings. The molecule has 6 heteroatoms. The number of H-pyrrole nitrogens is 1. The summed E-state index contributed by atoms with van der Waals surface area (Å²) < 4.78 is 17.8. The van der Waals surface area contributed by atoms with Crippen molar-refractivity contribution in [3.8, 4) is 0 Å². The first-order chi connectivity index (χ1) is 8.69. The molecule has 5 nitrogen and oxygen atoms in total. The highest BCUT2D eigenvalue weighted by molar-refractivity contribution is 5.77. The Morgan fingerprint density at radius 3 is 3.17 bits per heavy atom. The van der Waals surface area contributed by atoms with Gasteiger partial charge in [0.2, 0.25) is 5.95 Å². The second-order valence-electron chi connectivity index (χ2n) is 3.73. The van der Waals surface area contributed by atoms with Gasteiger partial charge in [-0.05, 0) is 25.1 Å². The molecule has 0 aliphatic carbocycles. The summed E-state index contributed by atoms with van der Waals surface area (Å²) in [5.41, 5.74) is 1.30. The Hall–Kier alpha value is -2.11. The van der Waals surface area contributed by atoms with Crippen molar-refractivity contribution in [3.05, 3.63) is 24.0 Å². The first-order valence-corrected chi connectivity index (χ1v) is 5.74. The fourth-order valence-electron chi connectivity index (χ4n) is 1.58. The van der Waals surface area contributed by atoms with Crippen LogP contribution in [-0.4, -0.2) is 29.1 Å². The summed E-state index contributed by atoms with van der Waals surface area (Å²) >= 11 is 0. The summed E-state index contributed by atoms with van der Waals surface area (Å²) in [7, 11) is 0. The lowest BCUT2D eigenvalue weighted by Gasteiger charge is -2.02. The number of halogens is 1. The third-order valence-corrected chi connectivity index (χ3v) is 2.37. The van der Waals surface area contributed by atoms with E-state index in [0.717, 1.165) is 0 Å². The van der Waals surface area contributed by atoms with E-state index >= 15 is 0 Å². The zero-order chi connectivity index (χ0) is 13.0. The van der Waals surface area contributed by atoms with Crippen molar-refractivity contribution in [1.29, 1.82) is 0 Å². The molecule has 0 aliphatic rings. The molecule has 2 rings (SSSR count). The Kier molecular flexibility index (Phi) is 3.76. The molecular weight excluding hydrogens is 237 g/mol. The number of benzene rings is 1. The Morgan fingerprint density at radius 2 is 2.39 bits per heavy atom. The van der Waals surface area contributed by atoms with Crippen LogP contribution >= 0.6 is 0 Å². The zero-order valence-corrected chi connectivity index (χ0v) is 10.00. The maximum atomic E-state index is 13.0. The van der Waals surface area contributed by atoms with Crippen LogP contribution in [0.25, 0.3) is 11.0 Å². The van der Waals surface area contributed by atoms with Crippen LogP contribution < -0.4 is 5.32 Å². The number of carbonyl (C=O) groups is 1. The molecule has 1 aromatic carbocycles. The molecule has 0 amide bonds. The number of ether oxygens (including phenoxy) is 1. The number of imidazole rings is 1. The second kappa shape index (κ2) is 5.48. The van der Waals surface area contributed by atoms with Crippen LogP contribution in [0.5, 0.6) is 0 Å². The van der Waals surface area contributed by atoms with Crippen molar-refractivity contribution in [2.75, 3.05) is 18.5 Å². The van der Waals surface area contributed by atoms with Crippen LogP contribution in [0.3, 0.4) is 0 Å². The van der Waals surface area contributed by atoms with E-state index in [1.807, 2.05) is 0 Å². The Labute approximate surface area is 103 Å². The van der Waals surface area contributed by atoms with Crippen molar-refractivity contribution < 1.29 is 13.9 Å². The summed E-state index contributed by atoms with van der Waals surface area (Å²) in [5, 5.41) is 2.95. The molecule has 0 saturated carbocycles. The molecule has 0 aliphatic heterocycles. The first kappa shape index (κ1) is 12.3. The van der Waals surface area contributed by atoms with E-state index in [1.54, 1.807) is 13.0 Å². The number of nitrogens with one attached hydrogen (secondary N) is 2. The lowest BCUT2D eigenvalue weighted by Crippen LogP contribution is -2.11. The van der Waals surface area contributed by atoms with Gasteiger partial charge in [-0.3, -0.25) is 4.79 Å². The minimum atomic E-state index is -0.316. The largest absolute Gasteiger partial charge is 0.466 e. The van der Waals surface area contributed by atoms with Crippen LogP contribution in [-0.2, 0) is 9.53 Å². The van der Waals surface area contributed by atoms with Gasteiger partial charge in [0.05, 0.1) is 24.1 Å². The highest BCUT2D eigenvalue weighted by Crippen LogP contribution is 2.15. The second-order valence-corrected chi connectivity index (χ2v) is 3.73. The van der Waals surface area contributed by atoms with Crippen LogP contribution in [0.15, 0.2) is 18.2 Å². The minimum Gasteiger partial charge on any atom is -0.466 e. The number of hydrogen-bond acceptors (Lipinski definition) is 4. The molecule has 96 valence electrons. The van der Waals surface area contributed by atoms with Gasteiger partial charge in [-0.15, -0.1) is 0 Å². The van der Waals surface area contributed by atoms with Gasteiger partial charge in [-0.25, -0.2) is 9.37 Å². The van der Waals surface area contributed by atoms with Gasteiger partial charge < -0.3 is 15.0 Å². The number of aromatic nitrogens is 2. The number of rotatable bonds is 5. The lowest BCUT2D eigenvalue weighted by atomic mass is 10.3. The maximum Gasteiger partial charge on any atom is 0.307 e. The number of nitrogens with zero attached hydrogens (tertiary/aromatic N) is 1. The monoisotopic (exact) mass is 251 g/mol. The van der Waals surface area contributed by atoms with Crippen LogP contribution in [0, 0.1) is 5.82 Å². The summed E-state index contributed by atoms with van der Waals surface area (Å²) in [6.45, 7) is 2.56. The maximum absolute atomic E-state index is 13.0. The molecule has 0 radical (unpaired) electrons. The number of esters is 1. The van der Waals surface area contributed by atoms with E-state index in [4.69, 9.17) is 4.74 Å². The van der Waals surface area contributed by atoms with Crippen molar-refractivity contribution in [3.63, 3.8) is 0 Å². The quantitative estimate of drug-likeness (QED) is 0.798. The molecule has 18 heavy (non-hydrogen) atoms. The number of anilines is 1. The zero-order valence-electron chi connectivity index (χ0n) is 10.00. The normalized spacial score (nSPS) is 10.6. The summed E-state index contributed by atoms with van der Waals surface area (Å²) in [5.74, 6) is -0.0590. The van der Waals surface area contributed by atoms with Gasteiger partial charge in [0.15, 0.2) is 0 Å². The molecule has 0 saturated heterocycles. The smallest absolute Gasteiger partial charge is 0.307 e. The standard InChI is InChI=1S/C12H14FN3O2/c1-2-18-11(17)5-6-14-12-15-9-4-3-8(13)7-10(9)16-12/h3-4,7H,2,5-6H2,1H3,(H2,14,15,16). The molecule has 2 aromatic rings. The molecule has 2 N–H and O–H groups in total. The lowest BCUT2D eigenvalue weighted by molar-refractivity contribution is -0.142. The van der Waals surface area contributed by atoms with E-state index < -0.39 is 0 Å². The molecule has 0 spiro atoms. The number of fused-ring (bicyclic) bond motifs is 1. The van der Waals surface area contributed by atoms with Crippen LogP contribution in [0.2, 0.25) is 0 Å². The topological polar surface area (TPSA) is 67.0 Å². The minimum absolute atomic E-state index is 0.257. The predicted molar refractivity (Wildman–Crippen MR) is 65.8 cm³/mol. The number of aromatic amines is 1. The van der Waals surface area contributed by atoms with Crippen molar-refractivity contribution >= 4 is 23.0 Å². The first-order valence-electron chi connectivity index (χ1n) is 5.74. The van der Waals surface area contributed by atoms with Gasteiger partial charge >= 0.3 is 5.97 Å². The van der Waals surface area contributed by atoms with Gasteiger partial charge in [0.25, 0.3) is 0 Å². The van der Waals surface area contributed by atoms with E-state index in [0.29, 0.717) is 30.1 Å². The van der Waals surface area contributed by atoms with E-state index in [1.165, 1.54) is 12.1 Å². The summed E-state index contributed by atoms with van der Waals surface area (Å²) in [4.78, 5) is 18.2. The Balaban J connectivity index is 1.94. The van der Waals surface area contributed by atoms with Crippen molar-refractivity contribution in [2.45, 2.75) is 13.3 Å². The Morgan fingerprint density at radius 1 is 1.56 bits per heavy atom. The molecule has 1 aromatic heterocycles. The third-order valence-electron chi connectivity index (χ3n) is 2.37. The van der Waals surface area contributed by atoms with Gasteiger partial charge in [-0.2, -0.15) is 0 Å². The van der Waals surface area contributed by atoms with Gasteiger partial charge in [0.1, 0.15) is 5.82 Å². The molecular formula is C12H14FN3O2. The Bertz CT molecular complexity index is 553. The molecule has 0 atom stereocenters. The molecule has 0 unspecified atom stereocenters. The number of carbonyl (C=O) groups excluding carboxylic acids is 1. The van der Waals surface area contributed by atoms with E-state index in [9.17, 15) is 9.18 Å². The fraction of sp³-hybridized carbons (Fsp3) is 0.333. The van der Waals surface area contributed by atoms with E-state index in [2.05, 4.69) is 15.3 Å². The third kappa shape index (κ3) is 2.97. The average Bonchev–Trinajstić information content (AvgIpc) is 2.71. The SMILES string of the molecule is CCOC(=O)CCNc1nc2ccc(F)cc2[nH]1. The van der Waals surface area contributed by atoms with Crippen LogP contribution in [0.4, 0.5) is 10.3 Å². The van der Waals surface area contributed by atoms with E-state index in [-0.39, 0.29) is 18.2 Å². The predicted octanol–water partition coefficient (Wildman–Crippen LogP) is 2.07.